The molecule has 1 saturated heterocycles. The molecule has 1 fully saturated rings. The number of halogens is 1. The highest BCUT2D eigenvalue weighted by Gasteiger charge is 2.22. The largest absolute Gasteiger partial charge is 0.368 e. The van der Waals surface area contributed by atoms with Gasteiger partial charge in [0, 0.05) is 54.3 Å². The Morgan fingerprint density at radius 2 is 1.77 bits per heavy atom. The number of hydrogen-bond donors (Lipinski definition) is 0. The topological polar surface area (TPSA) is 36.4 Å². The number of nitrogens with zero attached hydrogens (tertiary/aromatic N) is 3. The molecule has 2 heterocycles. The summed E-state index contributed by atoms with van der Waals surface area (Å²) in [5.74, 6) is 0.0917. The first-order valence-electron chi connectivity index (χ1n) is 7.35. The lowest BCUT2D eigenvalue weighted by Crippen LogP contribution is -2.48. The lowest BCUT2D eigenvalue weighted by molar-refractivity contribution is 0.0746. The molecule has 0 atom stereocenters. The summed E-state index contributed by atoms with van der Waals surface area (Å²) in [4.78, 5) is 20.6. The third kappa shape index (κ3) is 3.14. The maximum Gasteiger partial charge on any atom is 0.254 e. The number of pyridine rings is 1. The van der Waals surface area contributed by atoms with Gasteiger partial charge in [-0.3, -0.25) is 9.78 Å². The second-order valence-electron chi connectivity index (χ2n) is 5.45. The van der Waals surface area contributed by atoms with Gasteiger partial charge in [0.1, 0.15) is 0 Å². The van der Waals surface area contributed by atoms with Gasteiger partial charge in [-0.25, -0.2) is 0 Å². The Labute approximate surface area is 138 Å². The highest BCUT2D eigenvalue weighted by molar-refractivity contribution is 9.10. The van der Waals surface area contributed by atoms with Crippen molar-refractivity contribution in [2.24, 2.45) is 0 Å². The number of hydrogen-bond acceptors (Lipinski definition) is 3. The van der Waals surface area contributed by atoms with Crippen molar-refractivity contribution in [2.75, 3.05) is 31.1 Å². The second-order valence-corrected chi connectivity index (χ2v) is 6.30. The van der Waals surface area contributed by atoms with Gasteiger partial charge in [0.05, 0.1) is 0 Å². The smallest absolute Gasteiger partial charge is 0.254 e. The van der Waals surface area contributed by atoms with Crippen molar-refractivity contribution in [3.8, 4) is 0 Å². The van der Waals surface area contributed by atoms with Crippen LogP contribution in [0.1, 0.15) is 15.9 Å². The lowest BCUT2D eigenvalue weighted by atomic mass is 10.1. The van der Waals surface area contributed by atoms with E-state index in [-0.39, 0.29) is 5.91 Å². The molecule has 114 valence electrons. The summed E-state index contributed by atoms with van der Waals surface area (Å²) >= 11 is 3.53. The Morgan fingerprint density at radius 1 is 1.09 bits per heavy atom. The molecule has 1 amide bonds. The molecule has 1 aromatic heterocycles. The van der Waals surface area contributed by atoms with Gasteiger partial charge >= 0.3 is 0 Å². The van der Waals surface area contributed by atoms with E-state index in [9.17, 15) is 4.79 Å². The molecule has 5 heteroatoms. The zero-order valence-corrected chi connectivity index (χ0v) is 14.1. The predicted octanol–water partition coefficient (Wildman–Crippen LogP) is 3.11. The molecule has 1 aromatic carbocycles. The van der Waals surface area contributed by atoms with Crippen molar-refractivity contribution in [1.82, 2.24) is 9.88 Å². The van der Waals surface area contributed by atoms with Crippen LogP contribution in [0.3, 0.4) is 0 Å². The lowest BCUT2D eigenvalue weighted by Gasteiger charge is -2.36. The Kier molecular flexibility index (Phi) is 4.43. The molecule has 0 saturated carbocycles. The van der Waals surface area contributed by atoms with Crippen LogP contribution in [0.4, 0.5) is 5.69 Å². The van der Waals surface area contributed by atoms with Crippen LogP contribution in [0.2, 0.25) is 0 Å². The van der Waals surface area contributed by atoms with E-state index >= 15 is 0 Å². The molecule has 2 aromatic rings. The molecule has 1 aliphatic rings. The van der Waals surface area contributed by atoms with E-state index in [1.54, 1.807) is 24.5 Å². The van der Waals surface area contributed by atoms with Gasteiger partial charge < -0.3 is 9.80 Å². The minimum atomic E-state index is 0.0917. The highest BCUT2D eigenvalue weighted by atomic mass is 79.9. The van der Waals surface area contributed by atoms with Crippen molar-refractivity contribution < 1.29 is 4.79 Å². The van der Waals surface area contributed by atoms with E-state index in [4.69, 9.17) is 0 Å². The third-order valence-corrected chi connectivity index (χ3v) is 4.89. The quantitative estimate of drug-likeness (QED) is 0.826. The van der Waals surface area contributed by atoms with E-state index < -0.39 is 0 Å². The van der Waals surface area contributed by atoms with Crippen LogP contribution >= 0.6 is 15.9 Å². The number of piperazine rings is 1. The summed E-state index contributed by atoms with van der Waals surface area (Å²) in [5.41, 5.74) is 3.16. The maximum absolute atomic E-state index is 12.4. The predicted molar refractivity (Wildman–Crippen MR) is 91.2 cm³/mol. The van der Waals surface area contributed by atoms with Crippen molar-refractivity contribution in [1.29, 1.82) is 0 Å². The first-order chi connectivity index (χ1) is 10.6. The number of carbonyl (C=O) groups excluding carboxylic acids is 1. The van der Waals surface area contributed by atoms with Crippen LogP contribution in [-0.2, 0) is 0 Å². The van der Waals surface area contributed by atoms with E-state index in [0.29, 0.717) is 5.56 Å². The summed E-state index contributed by atoms with van der Waals surface area (Å²) in [6.45, 7) is 5.30. The number of rotatable bonds is 2. The summed E-state index contributed by atoms with van der Waals surface area (Å²) in [7, 11) is 0. The number of amides is 1. The van der Waals surface area contributed by atoms with Gasteiger partial charge in [-0.15, -0.1) is 0 Å². The molecular weight excluding hydrogens is 342 g/mol. The van der Waals surface area contributed by atoms with Crippen LogP contribution in [0.25, 0.3) is 0 Å². The van der Waals surface area contributed by atoms with Crippen molar-refractivity contribution in [3.63, 3.8) is 0 Å². The molecule has 0 N–H and O–H groups in total. The van der Waals surface area contributed by atoms with E-state index in [0.717, 1.165) is 30.7 Å². The van der Waals surface area contributed by atoms with Crippen LogP contribution in [0.5, 0.6) is 0 Å². The fraction of sp³-hybridized carbons (Fsp3) is 0.294. The SMILES string of the molecule is Cc1cc(N2CCN(C(=O)c3ccncc3)CC2)ccc1Br. The minimum Gasteiger partial charge on any atom is -0.368 e. The maximum atomic E-state index is 12.4. The molecule has 0 spiro atoms. The molecule has 0 bridgehead atoms. The molecule has 22 heavy (non-hydrogen) atoms. The highest BCUT2D eigenvalue weighted by Crippen LogP contribution is 2.24. The normalized spacial score (nSPS) is 15.0. The van der Waals surface area contributed by atoms with Crippen molar-refractivity contribution in [3.05, 3.63) is 58.3 Å². The van der Waals surface area contributed by atoms with Gasteiger partial charge in [-0.2, -0.15) is 0 Å². The zero-order valence-electron chi connectivity index (χ0n) is 12.5. The average Bonchev–Trinajstić information content (AvgIpc) is 2.58. The standard InChI is InChI=1S/C17H18BrN3O/c1-13-12-15(2-3-16(13)18)20-8-10-21(11-9-20)17(22)14-4-6-19-7-5-14/h2-7,12H,8-11H2,1H3. The summed E-state index contributed by atoms with van der Waals surface area (Å²) < 4.78 is 1.13. The Morgan fingerprint density at radius 3 is 2.41 bits per heavy atom. The van der Waals surface area contributed by atoms with Crippen LogP contribution in [0, 0.1) is 6.92 Å². The Hall–Kier alpha value is -1.88. The fourth-order valence-corrected chi connectivity index (χ4v) is 2.92. The molecule has 0 unspecified atom stereocenters. The number of anilines is 1. The minimum absolute atomic E-state index is 0.0917. The molecule has 4 nitrogen and oxygen atoms in total. The van der Waals surface area contributed by atoms with Crippen LogP contribution in [-0.4, -0.2) is 42.0 Å². The third-order valence-electron chi connectivity index (χ3n) is 4.00. The summed E-state index contributed by atoms with van der Waals surface area (Å²) in [6.07, 6.45) is 3.32. The number of benzene rings is 1. The number of aromatic nitrogens is 1. The van der Waals surface area contributed by atoms with E-state index in [2.05, 4.69) is 50.9 Å². The molecule has 0 aliphatic carbocycles. The van der Waals surface area contributed by atoms with E-state index in [1.807, 2.05) is 4.90 Å². The summed E-state index contributed by atoms with van der Waals surface area (Å²) in [5, 5.41) is 0. The molecule has 0 radical (unpaired) electrons. The first kappa shape index (κ1) is 15.0. The van der Waals surface area contributed by atoms with Gasteiger partial charge in [-0.05, 0) is 42.8 Å². The second kappa shape index (κ2) is 6.48. The van der Waals surface area contributed by atoms with Gasteiger partial charge in [-0.1, -0.05) is 15.9 Å². The number of aryl methyl sites for hydroxylation is 1. The monoisotopic (exact) mass is 359 g/mol. The first-order valence-corrected chi connectivity index (χ1v) is 8.15. The Balaban J connectivity index is 1.65. The molecule has 3 rings (SSSR count). The van der Waals surface area contributed by atoms with E-state index in [1.165, 1.54) is 11.3 Å². The van der Waals surface area contributed by atoms with Gasteiger partial charge in [0.15, 0.2) is 0 Å². The number of carbonyl (C=O) groups is 1. The Bertz CT molecular complexity index is 667. The van der Waals surface area contributed by atoms with Gasteiger partial charge in [0.25, 0.3) is 5.91 Å². The van der Waals surface area contributed by atoms with Crippen molar-refractivity contribution in [2.45, 2.75) is 6.92 Å². The van der Waals surface area contributed by atoms with Crippen LogP contribution < -0.4 is 4.90 Å². The van der Waals surface area contributed by atoms with Crippen molar-refractivity contribution >= 4 is 27.5 Å². The molecular formula is C17H18BrN3O. The summed E-state index contributed by atoms with van der Waals surface area (Å²) in [6, 6.07) is 9.93. The zero-order chi connectivity index (χ0) is 15.5. The molecule has 1 aliphatic heterocycles. The van der Waals surface area contributed by atoms with Crippen LogP contribution in [0.15, 0.2) is 47.2 Å². The van der Waals surface area contributed by atoms with Gasteiger partial charge in [0.2, 0.25) is 0 Å². The average molecular weight is 360 g/mol. The fourth-order valence-electron chi connectivity index (χ4n) is 2.67.